The van der Waals surface area contributed by atoms with Crippen LogP contribution < -0.4 is 5.43 Å². The van der Waals surface area contributed by atoms with E-state index in [1.807, 2.05) is 13.8 Å². The lowest BCUT2D eigenvalue weighted by atomic mass is 9.68. The summed E-state index contributed by atoms with van der Waals surface area (Å²) in [5.74, 6) is -1.63. The van der Waals surface area contributed by atoms with Gasteiger partial charge in [0.25, 0.3) is 0 Å². The highest BCUT2D eigenvalue weighted by Crippen LogP contribution is 2.39. The number of carbonyl (C=O) groups excluding carboxylic acids is 1. The summed E-state index contributed by atoms with van der Waals surface area (Å²) in [6.07, 6.45) is 1.28. The van der Waals surface area contributed by atoms with Crippen LogP contribution in [0.2, 0.25) is 0 Å². The molecule has 1 aliphatic carbocycles. The number of Topliss-reactive ketones (excluding diaryl/α,β-unsaturated/α-hetero) is 1. The Kier molecular flexibility index (Phi) is 2.88. The summed E-state index contributed by atoms with van der Waals surface area (Å²) < 4.78 is 26.7. The fourth-order valence-electron chi connectivity index (χ4n) is 3.22. The Morgan fingerprint density at radius 1 is 1.25 bits per heavy atom. The molecule has 3 nitrogen and oxygen atoms in total. The van der Waals surface area contributed by atoms with Gasteiger partial charge in [0.15, 0.2) is 0 Å². The molecule has 2 aliphatic rings. The first-order chi connectivity index (χ1) is 9.35. The Morgan fingerprint density at radius 2 is 1.90 bits per heavy atom. The van der Waals surface area contributed by atoms with Crippen LogP contribution in [0.5, 0.6) is 0 Å². The van der Waals surface area contributed by atoms with E-state index in [1.165, 1.54) is 12.1 Å². The first-order valence-electron chi connectivity index (χ1n) is 6.68. The number of fused-ring (bicyclic) bond motifs is 1. The van der Waals surface area contributed by atoms with Crippen molar-refractivity contribution in [1.29, 1.82) is 0 Å². The molecule has 106 valence electrons. The minimum Gasteiger partial charge on any atom is -0.306 e. The number of hydrogen-bond donors (Lipinski definition) is 1. The Labute approximate surface area is 116 Å². The van der Waals surface area contributed by atoms with Crippen LogP contribution in [0.1, 0.15) is 32.3 Å². The Hall–Kier alpha value is -1.78. The van der Waals surface area contributed by atoms with Gasteiger partial charge in [-0.25, -0.2) is 8.78 Å². The van der Waals surface area contributed by atoms with Gasteiger partial charge in [0.1, 0.15) is 17.4 Å². The average molecular weight is 278 g/mol. The number of nitrogens with one attached hydrogen (secondary N) is 1. The molecule has 0 spiro atoms. The maximum atomic E-state index is 13.3. The first-order valence-corrected chi connectivity index (χ1v) is 6.68. The molecule has 3 rings (SSSR count). The molecule has 1 aliphatic heterocycles. The zero-order chi connectivity index (χ0) is 14.5. The largest absolute Gasteiger partial charge is 0.306 e. The van der Waals surface area contributed by atoms with Gasteiger partial charge in [0.2, 0.25) is 0 Å². The molecular formula is C15H16F2N2O. The lowest BCUT2D eigenvalue weighted by molar-refractivity contribution is -0.126. The highest BCUT2D eigenvalue weighted by atomic mass is 19.1. The van der Waals surface area contributed by atoms with Crippen LogP contribution in [-0.4, -0.2) is 17.5 Å². The van der Waals surface area contributed by atoms with E-state index in [-0.39, 0.29) is 17.2 Å². The second-order valence-corrected chi connectivity index (χ2v) is 6.38. The Balaban J connectivity index is 1.95. The number of hydrogen-bond acceptors (Lipinski definition) is 3. The second-order valence-electron chi connectivity index (χ2n) is 6.38. The van der Waals surface area contributed by atoms with E-state index >= 15 is 0 Å². The van der Waals surface area contributed by atoms with E-state index in [4.69, 9.17) is 0 Å². The molecule has 0 amide bonds. The van der Waals surface area contributed by atoms with Crippen LogP contribution in [0.3, 0.4) is 0 Å². The van der Waals surface area contributed by atoms with Crippen LogP contribution in [-0.2, 0) is 4.79 Å². The summed E-state index contributed by atoms with van der Waals surface area (Å²) in [5, 5.41) is 4.16. The average Bonchev–Trinajstić information content (AvgIpc) is 2.69. The Bertz CT molecular complexity index is 590. The zero-order valence-corrected chi connectivity index (χ0v) is 11.4. The third-order valence-electron chi connectivity index (χ3n) is 3.98. The number of ketones is 1. The van der Waals surface area contributed by atoms with Gasteiger partial charge in [-0.1, -0.05) is 13.8 Å². The lowest BCUT2D eigenvalue weighted by Crippen LogP contribution is -2.45. The number of carbonyl (C=O) groups is 1. The minimum atomic E-state index is -0.658. The van der Waals surface area contributed by atoms with Crippen molar-refractivity contribution in [2.24, 2.45) is 16.4 Å². The molecule has 1 fully saturated rings. The third-order valence-corrected chi connectivity index (χ3v) is 3.98. The van der Waals surface area contributed by atoms with Crippen LogP contribution >= 0.6 is 0 Å². The third kappa shape index (κ3) is 2.21. The van der Waals surface area contributed by atoms with Crippen LogP contribution in [0, 0.1) is 23.0 Å². The molecule has 1 saturated carbocycles. The molecule has 1 heterocycles. The normalized spacial score (nSPS) is 27.8. The minimum absolute atomic E-state index is 0.0661. The highest BCUT2D eigenvalue weighted by molar-refractivity contribution is 6.15. The molecular weight excluding hydrogens is 262 g/mol. The molecule has 0 radical (unpaired) electrons. The van der Waals surface area contributed by atoms with Crippen molar-refractivity contribution < 1.29 is 13.6 Å². The SMILES string of the molecule is CC1(C)CC(=O)[C@H]2C(c3cc(F)cc(F)c3)=NN[C@@H]2C1. The molecule has 2 atom stereocenters. The lowest BCUT2D eigenvalue weighted by Gasteiger charge is -2.36. The molecule has 0 aromatic heterocycles. The summed E-state index contributed by atoms with van der Waals surface area (Å²) in [7, 11) is 0. The number of benzene rings is 1. The molecule has 1 aromatic carbocycles. The maximum absolute atomic E-state index is 13.3. The van der Waals surface area contributed by atoms with Gasteiger partial charge in [-0.3, -0.25) is 4.79 Å². The molecule has 1 aromatic rings. The standard InChI is InChI=1S/C15H16F2N2O/c1-15(2)6-11-13(12(20)7-15)14(19-18-11)8-3-9(16)5-10(17)4-8/h3-5,11,13,18H,6-7H2,1-2H3/t11-,13+/m1/s1. The van der Waals surface area contributed by atoms with E-state index in [0.717, 1.165) is 12.5 Å². The van der Waals surface area contributed by atoms with E-state index in [2.05, 4.69) is 10.5 Å². The van der Waals surface area contributed by atoms with Crippen molar-refractivity contribution >= 4 is 11.5 Å². The molecule has 20 heavy (non-hydrogen) atoms. The topological polar surface area (TPSA) is 41.5 Å². The molecule has 5 heteroatoms. The molecule has 0 unspecified atom stereocenters. The van der Waals surface area contributed by atoms with Crippen molar-refractivity contribution in [3.63, 3.8) is 0 Å². The van der Waals surface area contributed by atoms with E-state index in [0.29, 0.717) is 17.7 Å². The number of rotatable bonds is 1. The van der Waals surface area contributed by atoms with Gasteiger partial charge in [-0.2, -0.15) is 5.10 Å². The van der Waals surface area contributed by atoms with Crippen molar-refractivity contribution in [3.8, 4) is 0 Å². The molecule has 0 saturated heterocycles. The Morgan fingerprint density at radius 3 is 2.55 bits per heavy atom. The predicted molar refractivity (Wildman–Crippen MR) is 71.3 cm³/mol. The van der Waals surface area contributed by atoms with E-state index in [1.54, 1.807) is 0 Å². The zero-order valence-electron chi connectivity index (χ0n) is 11.4. The van der Waals surface area contributed by atoms with Gasteiger partial charge < -0.3 is 5.43 Å². The van der Waals surface area contributed by atoms with Crippen LogP contribution in [0.15, 0.2) is 23.3 Å². The summed E-state index contributed by atoms with van der Waals surface area (Å²) in [5.41, 5.74) is 3.68. The van der Waals surface area contributed by atoms with Crippen molar-refractivity contribution in [3.05, 3.63) is 35.4 Å². The van der Waals surface area contributed by atoms with Gasteiger partial charge in [-0.15, -0.1) is 0 Å². The predicted octanol–water partition coefficient (Wildman–Crippen LogP) is 2.65. The van der Waals surface area contributed by atoms with Gasteiger partial charge in [-0.05, 0) is 24.0 Å². The fourth-order valence-corrected chi connectivity index (χ4v) is 3.22. The molecule has 1 N–H and O–H groups in total. The second kappa shape index (κ2) is 4.36. The van der Waals surface area contributed by atoms with Crippen LogP contribution in [0.4, 0.5) is 8.78 Å². The fraction of sp³-hybridized carbons (Fsp3) is 0.467. The van der Waals surface area contributed by atoms with Gasteiger partial charge in [0.05, 0.1) is 17.7 Å². The molecule has 0 bridgehead atoms. The summed E-state index contributed by atoms with van der Waals surface area (Å²) >= 11 is 0. The highest BCUT2D eigenvalue weighted by Gasteiger charge is 2.46. The smallest absolute Gasteiger partial charge is 0.144 e. The van der Waals surface area contributed by atoms with Gasteiger partial charge in [0, 0.05) is 18.1 Å². The number of halogens is 2. The van der Waals surface area contributed by atoms with Crippen molar-refractivity contribution in [2.45, 2.75) is 32.7 Å². The van der Waals surface area contributed by atoms with Crippen LogP contribution in [0.25, 0.3) is 0 Å². The summed E-state index contributed by atoms with van der Waals surface area (Å²) in [4.78, 5) is 12.3. The van der Waals surface area contributed by atoms with Gasteiger partial charge >= 0.3 is 0 Å². The number of nitrogens with zero attached hydrogens (tertiary/aromatic N) is 1. The van der Waals surface area contributed by atoms with E-state index < -0.39 is 17.6 Å². The van der Waals surface area contributed by atoms with Crippen molar-refractivity contribution in [1.82, 2.24) is 5.43 Å². The number of hydrazone groups is 1. The maximum Gasteiger partial charge on any atom is 0.144 e. The van der Waals surface area contributed by atoms with Crippen molar-refractivity contribution in [2.75, 3.05) is 0 Å². The summed E-state index contributed by atoms with van der Waals surface area (Å²) in [6.45, 7) is 4.09. The quantitative estimate of drug-likeness (QED) is 0.858. The first kappa shape index (κ1) is 13.2. The summed E-state index contributed by atoms with van der Waals surface area (Å²) in [6, 6.07) is 3.18. The van der Waals surface area contributed by atoms with E-state index in [9.17, 15) is 13.6 Å². The monoisotopic (exact) mass is 278 g/mol.